The molecule has 1 aliphatic carbocycles. The Labute approximate surface area is 82.7 Å². The summed E-state index contributed by atoms with van der Waals surface area (Å²) in [7, 11) is 2.26. The van der Waals surface area contributed by atoms with E-state index in [-0.39, 0.29) is 6.67 Å². The van der Waals surface area contributed by atoms with E-state index in [9.17, 15) is 4.39 Å². The Bertz CT molecular complexity index is 127. The lowest BCUT2D eigenvalue weighted by Gasteiger charge is -2.37. The minimum absolute atomic E-state index is 0.119. The predicted octanol–water partition coefficient (Wildman–Crippen LogP) is 2.98. The molecule has 0 aromatic heterocycles. The van der Waals surface area contributed by atoms with Gasteiger partial charge in [0.2, 0.25) is 0 Å². The van der Waals surface area contributed by atoms with Gasteiger partial charge in [-0.15, -0.1) is 0 Å². The zero-order valence-corrected chi connectivity index (χ0v) is 8.90. The highest BCUT2D eigenvalue weighted by molar-refractivity contribution is 6.08. The van der Waals surface area contributed by atoms with E-state index >= 15 is 0 Å². The molecule has 0 amide bonds. The molecule has 0 bridgehead atoms. The second-order valence-corrected chi connectivity index (χ2v) is 4.42. The van der Waals surface area contributed by atoms with Crippen LogP contribution in [-0.4, -0.2) is 14.5 Å². The van der Waals surface area contributed by atoms with Gasteiger partial charge in [0.25, 0.3) is 0 Å². The quantitative estimate of drug-likeness (QED) is 0.421. The third-order valence-electron chi connectivity index (χ3n) is 3.46. The summed E-state index contributed by atoms with van der Waals surface area (Å²) in [4.78, 5) is 0. The van der Waals surface area contributed by atoms with Gasteiger partial charge < -0.3 is 0 Å². The van der Waals surface area contributed by atoms with Crippen LogP contribution in [0.1, 0.15) is 44.9 Å². The minimum Gasteiger partial charge on any atom is -0.251 e. The van der Waals surface area contributed by atoms with Gasteiger partial charge in [-0.2, -0.15) is 0 Å². The van der Waals surface area contributed by atoms with Crippen molar-refractivity contribution in [2.75, 3.05) is 6.67 Å². The molecule has 2 unspecified atom stereocenters. The molecule has 0 aromatic rings. The van der Waals surface area contributed by atoms with Crippen molar-refractivity contribution in [2.24, 2.45) is 11.8 Å². The number of hydrogen-bond donors (Lipinski definition) is 0. The van der Waals surface area contributed by atoms with E-state index in [2.05, 4.69) is 7.85 Å². The zero-order chi connectivity index (χ0) is 9.52. The fourth-order valence-electron chi connectivity index (χ4n) is 2.37. The first kappa shape index (κ1) is 11.1. The van der Waals surface area contributed by atoms with Crippen LogP contribution < -0.4 is 0 Å². The van der Waals surface area contributed by atoms with Gasteiger partial charge in [0.05, 0.1) is 6.67 Å². The molecule has 1 saturated carbocycles. The second kappa shape index (κ2) is 6.45. The second-order valence-electron chi connectivity index (χ2n) is 4.42. The number of hydrogen-bond acceptors (Lipinski definition) is 0. The van der Waals surface area contributed by atoms with Gasteiger partial charge >= 0.3 is 0 Å². The highest BCUT2D eigenvalue weighted by Gasteiger charge is 2.28. The van der Waals surface area contributed by atoms with Crippen molar-refractivity contribution >= 4 is 7.85 Å². The molecule has 2 atom stereocenters. The monoisotopic (exact) mass is 184 g/mol. The average molecular weight is 184 g/mol. The number of halogens is 1. The number of rotatable bonds is 7. The molecule has 0 aromatic carbocycles. The molecular weight excluding hydrogens is 162 g/mol. The number of unbranched alkanes of at least 4 members (excludes halogenated alkanes) is 1. The molecule has 0 nitrogen and oxygen atoms in total. The molecule has 0 heterocycles. The summed E-state index contributed by atoms with van der Waals surface area (Å²) >= 11 is 0. The van der Waals surface area contributed by atoms with Crippen molar-refractivity contribution in [2.45, 2.75) is 51.3 Å². The van der Waals surface area contributed by atoms with E-state index in [1.165, 1.54) is 38.4 Å². The van der Waals surface area contributed by atoms with Crippen LogP contribution in [0.25, 0.3) is 0 Å². The highest BCUT2D eigenvalue weighted by atomic mass is 19.1. The van der Waals surface area contributed by atoms with E-state index in [1.807, 2.05) is 0 Å². The Morgan fingerprint density at radius 3 is 2.08 bits per heavy atom. The normalized spacial score (nSPS) is 27.2. The maximum absolute atomic E-state index is 11.9. The standard InChI is InChI=1S/C11H22BF/c12-8-3-5-11-7-6-10(11)4-1-2-9-13/h10-11H,1-9,12H2. The van der Waals surface area contributed by atoms with Gasteiger partial charge in [-0.1, -0.05) is 32.0 Å². The lowest BCUT2D eigenvalue weighted by atomic mass is 9.68. The van der Waals surface area contributed by atoms with Crippen molar-refractivity contribution in [1.29, 1.82) is 0 Å². The summed E-state index contributed by atoms with van der Waals surface area (Å²) in [5.41, 5.74) is 0. The van der Waals surface area contributed by atoms with Crippen molar-refractivity contribution in [3.8, 4) is 0 Å². The fourth-order valence-corrected chi connectivity index (χ4v) is 2.37. The van der Waals surface area contributed by atoms with Crippen LogP contribution in [0.2, 0.25) is 6.32 Å². The first-order valence-corrected chi connectivity index (χ1v) is 5.94. The molecule has 0 saturated heterocycles. The Hall–Kier alpha value is -0.00506. The van der Waals surface area contributed by atoms with Crippen LogP contribution in [0.3, 0.4) is 0 Å². The topological polar surface area (TPSA) is 0 Å². The lowest BCUT2D eigenvalue weighted by Crippen LogP contribution is -2.25. The highest BCUT2D eigenvalue weighted by Crippen LogP contribution is 2.40. The van der Waals surface area contributed by atoms with Crippen LogP contribution in [0.4, 0.5) is 4.39 Å². The van der Waals surface area contributed by atoms with Crippen LogP contribution in [0.5, 0.6) is 0 Å². The van der Waals surface area contributed by atoms with Crippen molar-refractivity contribution in [3.63, 3.8) is 0 Å². The van der Waals surface area contributed by atoms with Crippen LogP contribution in [0, 0.1) is 11.8 Å². The summed E-state index contributed by atoms with van der Waals surface area (Å²) in [6, 6.07) is 0. The number of alkyl halides is 1. The summed E-state index contributed by atoms with van der Waals surface area (Å²) < 4.78 is 11.9. The Morgan fingerprint density at radius 2 is 1.62 bits per heavy atom. The molecule has 76 valence electrons. The SMILES string of the molecule is BCCCC1CCC1CCCCF. The largest absolute Gasteiger partial charge is 0.251 e. The predicted molar refractivity (Wildman–Crippen MR) is 58.6 cm³/mol. The van der Waals surface area contributed by atoms with Crippen molar-refractivity contribution < 1.29 is 4.39 Å². The van der Waals surface area contributed by atoms with Crippen molar-refractivity contribution in [1.82, 2.24) is 0 Å². The average Bonchev–Trinajstić information content (AvgIpc) is 2.11. The van der Waals surface area contributed by atoms with E-state index in [1.54, 1.807) is 0 Å². The summed E-state index contributed by atoms with van der Waals surface area (Å²) in [5, 5.41) is 0. The summed E-state index contributed by atoms with van der Waals surface area (Å²) in [6.07, 6.45) is 10.2. The Morgan fingerprint density at radius 1 is 1.00 bits per heavy atom. The van der Waals surface area contributed by atoms with Gasteiger partial charge in [0.1, 0.15) is 7.85 Å². The first-order valence-electron chi connectivity index (χ1n) is 5.94. The van der Waals surface area contributed by atoms with Gasteiger partial charge in [0.15, 0.2) is 0 Å². The molecule has 2 heteroatoms. The van der Waals surface area contributed by atoms with Crippen molar-refractivity contribution in [3.05, 3.63) is 0 Å². The minimum atomic E-state index is -0.119. The first-order chi connectivity index (χ1) is 6.38. The molecular formula is C11H22BF. The molecule has 1 aliphatic rings. The van der Waals surface area contributed by atoms with Gasteiger partial charge in [-0.25, -0.2) is 0 Å². The molecule has 13 heavy (non-hydrogen) atoms. The smallest absolute Gasteiger partial charge is 0.101 e. The maximum atomic E-state index is 11.9. The van der Waals surface area contributed by atoms with E-state index in [4.69, 9.17) is 0 Å². The third kappa shape index (κ3) is 3.70. The van der Waals surface area contributed by atoms with E-state index < -0.39 is 0 Å². The molecule has 0 N–H and O–H groups in total. The van der Waals surface area contributed by atoms with Gasteiger partial charge in [-0.05, 0) is 31.1 Å². The Kier molecular flexibility index (Phi) is 5.49. The van der Waals surface area contributed by atoms with Gasteiger partial charge in [-0.3, -0.25) is 4.39 Å². The third-order valence-corrected chi connectivity index (χ3v) is 3.46. The zero-order valence-electron chi connectivity index (χ0n) is 8.90. The fraction of sp³-hybridized carbons (Fsp3) is 1.00. The molecule has 1 fully saturated rings. The Balaban J connectivity index is 1.99. The summed E-state index contributed by atoms with van der Waals surface area (Å²) in [5.74, 6) is 1.96. The molecule has 0 radical (unpaired) electrons. The van der Waals surface area contributed by atoms with Crippen LogP contribution >= 0.6 is 0 Å². The summed E-state index contributed by atoms with van der Waals surface area (Å²) in [6.45, 7) is -0.119. The molecule has 0 aliphatic heterocycles. The van der Waals surface area contributed by atoms with E-state index in [0.717, 1.165) is 24.7 Å². The van der Waals surface area contributed by atoms with Gasteiger partial charge in [0, 0.05) is 0 Å². The molecule has 0 spiro atoms. The van der Waals surface area contributed by atoms with Crippen LogP contribution in [0.15, 0.2) is 0 Å². The van der Waals surface area contributed by atoms with E-state index in [0.29, 0.717) is 0 Å². The lowest BCUT2D eigenvalue weighted by molar-refractivity contribution is 0.147. The molecule has 1 rings (SSSR count). The van der Waals surface area contributed by atoms with Crippen LogP contribution in [-0.2, 0) is 0 Å². The maximum Gasteiger partial charge on any atom is 0.101 e.